The fraction of sp³-hybridized carbons (Fsp3) is 0.417. The first-order chi connectivity index (χ1) is 7.63. The SMILES string of the molecule is CCCC(=O)c1cc(Cl)c(OC)c(OC)c1. The fourth-order valence-electron chi connectivity index (χ4n) is 1.45. The van der Waals surface area contributed by atoms with E-state index in [4.69, 9.17) is 21.1 Å². The van der Waals surface area contributed by atoms with E-state index < -0.39 is 0 Å². The Kier molecular flexibility index (Phi) is 4.62. The summed E-state index contributed by atoms with van der Waals surface area (Å²) in [5, 5.41) is 0.390. The maximum Gasteiger partial charge on any atom is 0.179 e. The summed E-state index contributed by atoms with van der Waals surface area (Å²) in [4.78, 5) is 11.7. The number of hydrogen-bond acceptors (Lipinski definition) is 3. The first-order valence-electron chi connectivity index (χ1n) is 5.08. The van der Waals surface area contributed by atoms with Crippen LogP contribution in [0.4, 0.5) is 0 Å². The van der Waals surface area contributed by atoms with Crippen molar-refractivity contribution in [2.75, 3.05) is 14.2 Å². The Labute approximate surface area is 100 Å². The molecule has 0 aromatic heterocycles. The predicted octanol–water partition coefficient (Wildman–Crippen LogP) is 3.34. The molecule has 0 aliphatic rings. The van der Waals surface area contributed by atoms with Gasteiger partial charge in [-0.05, 0) is 18.6 Å². The van der Waals surface area contributed by atoms with Gasteiger partial charge < -0.3 is 9.47 Å². The molecule has 0 atom stereocenters. The molecule has 0 spiro atoms. The first kappa shape index (κ1) is 12.8. The largest absolute Gasteiger partial charge is 0.493 e. The summed E-state index contributed by atoms with van der Waals surface area (Å²) < 4.78 is 10.2. The van der Waals surface area contributed by atoms with E-state index in [2.05, 4.69) is 0 Å². The highest BCUT2D eigenvalue weighted by molar-refractivity contribution is 6.32. The number of ether oxygens (including phenoxy) is 2. The molecule has 16 heavy (non-hydrogen) atoms. The summed E-state index contributed by atoms with van der Waals surface area (Å²) >= 11 is 6.00. The molecule has 0 fully saturated rings. The Balaban J connectivity index is 3.15. The minimum absolute atomic E-state index is 0.0605. The summed E-state index contributed by atoms with van der Waals surface area (Å²) in [5.74, 6) is 0.997. The maximum atomic E-state index is 11.7. The van der Waals surface area contributed by atoms with Gasteiger partial charge in [0.2, 0.25) is 0 Å². The number of methoxy groups -OCH3 is 2. The monoisotopic (exact) mass is 242 g/mol. The van der Waals surface area contributed by atoms with E-state index in [9.17, 15) is 4.79 Å². The summed E-state index contributed by atoms with van der Waals surface area (Å²) in [7, 11) is 3.03. The van der Waals surface area contributed by atoms with Gasteiger partial charge in [-0.15, -0.1) is 0 Å². The van der Waals surface area contributed by atoms with E-state index in [0.29, 0.717) is 28.5 Å². The van der Waals surface area contributed by atoms with Gasteiger partial charge in [0.25, 0.3) is 0 Å². The number of halogens is 1. The van der Waals surface area contributed by atoms with Crippen LogP contribution in [0.5, 0.6) is 11.5 Å². The average Bonchev–Trinajstić information content (AvgIpc) is 2.28. The average molecular weight is 243 g/mol. The summed E-state index contributed by atoms with van der Waals surface area (Å²) in [6, 6.07) is 3.27. The van der Waals surface area contributed by atoms with Crippen LogP contribution < -0.4 is 9.47 Å². The van der Waals surface area contributed by atoms with Gasteiger partial charge in [-0.3, -0.25) is 4.79 Å². The Morgan fingerprint density at radius 2 is 2.00 bits per heavy atom. The second-order valence-electron chi connectivity index (χ2n) is 3.37. The van der Waals surface area contributed by atoms with Crippen molar-refractivity contribution in [1.82, 2.24) is 0 Å². The molecule has 0 unspecified atom stereocenters. The standard InChI is InChI=1S/C12H15ClO3/c1-4-5-10(14)8-6-9(13)12(16-3)11(7-8)15-2/h6-7H,4-5H2,1-3H3. The molecule has 0 radical (unpaired) electrons. The number of benzene rings is 1. The molecule has 0 N–H and O–H groups in total. The zero-order valence-electron chi connectivity index (χ0n) is 9.67. The molecule has 1 rings (SSSR count). The van der Waals surface area contributed by atoms with E-state index in [1.807, 2.05) is 6.92 Å². The van der Waals surface area contributed by atoms with Crippen LogP contribution in [0.2, 0.25) is 5.02 Å². The van der Waals surface area contributed by atoms with Crippen LogP contribution in [0.3, 0.4) is 0 Å². The van der Waals surface area contributed by atoms with Crippen molar-refractivity contribution in [1.29, 1.82) is 0 Å². The normalized spacial score (nSPS) is 10.0. The minimum Gasteiger partial charge on any atom is -0.493 e. The first-order valence-corrected chi connectivity index (χ1v) is 5.46. The highest BCUT2D eigenvalue weighted by atomic mass is 35.5. The number of carbonyl (C=O) groups excluding carboxylic acids is 1. The molecule has 3 nitrogen and oxygen atoms in total. The Hall–Kier alpha value is -1.22. The third-order valence-electron chi connectivity index (χ3n) is 2.23. The van der Waals surface area contributed by atoms with Gasteiger partial charge in [-0.2, -0.15) is 0 Å². The van der Waals surface area contributed by atoms with Crippen molar-refractivity contribution in [3.63, 3.8) is 0 Å². The van der Waals surface area contributed by atoms with Crippen molar-refractivity contribution in [3.8, 4) is 11.5 Å². The van der Waals surface area contributed by atoms with E-state index in [1.54, 1.807) is 12.1 Å². The maximum absolute atomic E-state index is 11.7. The topological polar surface area (TPSA) is 35.5 Å². The predicted molar refractivity (Wildman–Crippen MR) is 63.8 cm³/mol. The zero-order chi connectivity index (χ0) is 12.1. The molecule has 0 heterocycles. The molecule has 0 amide bonds. The van der Waals surface area contributed by atoms with Crippen LogP contribution in [-0.4, -0.2) is 20.0 Å². The zero-order valence-corrected chi connectivity index (χ0v) is 10.4. The number of hydrogen-bond donors (Lipinski definition) is 0. The summed E-state index contributed by atoms with van der Waals surface area (Å²) in [6.45, 7) is 1.96. The van der Waals surface area contributed by atoms with Crippen LogP contribution in [0.25, 0.3) is 0 Å². The number of rotatable bonds is 5. The van der Waals surface area contributed by atoms with E-state index in [0.717, 1.165) is 6.42 Å². The third kappa shape index (κ3) is 2.67. The number of Topliss-reactive ketones (excluding diaryl/α,β-unsaturated/α-hetero) is 1. The van der Waals surface area contributed by atoms with Gasteiger partial charge >= 0.3 is 0 Å². The van der Waals surface area contributed by atoms with Gasteiger partial charge in [0.1, 0.15) is 0 Å². The van der Waals surface area contributed by atoms with E-state index in [1.165, 1.54) is 14.2 Å². The highest BCUT2D eigenvalue weighted by Crippen LogP contribution is 2.36. The van der Waals surface area contributed by atoms with Gasteiger partial charge in [-0.1, -0.05) is 18.5 Å². The van der Waals surface area contributed by atoms with Crippen molar-refractivity contribution in [2.24, 2.45) is 0 Å². The second-order valence-corrected chi connectivity index (χ2v) is 3.77. The third-order valence-corrected chi connectivity index (χ3v) is 2.51. The van der Waals surface area contributed by atoms with Crippen molar-refractivity contribution in [2.45, 2.75) is 19.8 Å². The molecular weight excluding hydrogens is 228 g/mol. The van der Waals surface area contributed by atoms with Crippen LogP contribution in [0.1, 0.15) is 30.1 Å². The minimum atomic E-state index is 0.0605. The quantitative estimate of drug-likeness (QED) is 0.743. The Bertz CT molecular complexity index is 388. The van der Waals surface area contributed by atoms with Crippen molar-refractivity contribution >= 4 is 17.4 Å². The van der Waals surface area contributed by atoms with Gasteiger partial charge in [-0.25, -0.2) is 0 Å². The lowest BCUT2D eigenvalue weighted by atomic mass is 10.1. The molecule has 0 saturated heterocycles. The van der Waals surface area contributed by atoms with Crippen LogP contribution in [0.15, 0.2) is 12.1 Å². The van der Waals surface area contributed by atoms with Gasteiger partial charge in [0.05, 0.1) is 19.2 Å². The smallest absolute Gasteiger partial charge is 0.179 e. The number of ketones is 1. The van der Waals surface area contributed by atoms with Crippen molar-refractivity contribution < 1.29 is 14.3 Å². The molecule has 1 aromatic carbocycles. The summed E-state index contributed by atoms with van der Waals surface area (Å²) in [6.07, 6.45) is 1.32. The molecule has 0 aliphatic heterocycles. The second kappa shape index (κ2) is 5.75. The molecule has 0 aliphatic carbocycles. The lowest BCUT2D eigenvalue weighted by molar-refractivity contribution is 0.0981. The molecule has 88 valence electrons. The van der Waals surface area contributed by atoms with Crippen LogP contribution >= 0.6 is 11.6 Å². The van der Waals surface area contributed by atoms with Gasteiger partial charge in [0.15, 0.2) is 17.3 Å². The van der Waals surface area contributed by atoms with Crippen molar-refractivity contribution in [3.05, 3.63) is 22.7 Å². The fourth-order valence-corrected chi connectivity index (χ4v) is 1.74. The Morgan fingerprint density at radius 3 is 2.50 bits per heavy atom. The lowest BCUT2D eigenvalue weighted by Crippen LogP contribution is -2.00. The van der Waals surface area contributed by atoms with Crippen LogP contribution in [0, 0.1) is 0 Å². The summed E-state index contributed by atoms with van der Waals surface area (Å²) in [5.41, 5.74) is 0.560. The number of carbonyl (C=O) groups is 1. The van der Waals surface area contributed by atoms with E-state index >= 15 is 0 Å². The molecule has 1 aromatic rings. The molecular formula is C12H15ClO3. The molecule has 4 heteroatoms. The van der Waals surface area contributed by atoms with Gasteiger partial charge in [0, 0.05) is 12.0 Å². The highest BCUT2D eigenvalue weighted by Gasteiger charge is 2.14. The Morgan fingerprint density at radius 1 is 1.31 bits per heavy atom. The van der Waals surface area contributed by atoms with Crippen LogP contribution in [-0.2, 0) is 0 Å². The van der Waals surface area contributed by atoms with E-state index in [-0.39, 0.29) is 5.78 Å². The lowest BCUT2D eigenvalue weighted by Gasteiger charge is -2.11. The molecule has 0 bridgehead atoms. The molecule has 0 saturated carbocycles.